The average Bonchev–Trinajstić information content (AvgIpc) is 3.29. The van der Waals surface area contributed by atoms with Gasteiger partial charge in [0.1, 0.15) is 17.1 Å². The normalized spacial score (nSPS) is 15.7. The van der Waals surface area contributed by atoms with Gasteiger partial charge in [-0.2, -0.15) is 0 Å². The van der Waals surface area contributed by atoms with Gasteiger partial charge in [-0.25, -0.2) is 0 Å². The van der Waals surface area contributed by atoms with Crippen LogP contribution >= 0.6 is 0 Å². The largest absolute Gasteiger partial charge is 0.508 e. The van der Waals surface area contributed by atoms with Crippen molar-refractivity contribution in [3.63, 3.8) is 0 Å². The number of phenols is 1. The predicted octanol–water partition coefficient (Wildman–Crippen LogP) is 4.45. The number of furan rings is 1. The van der Waals surface area contributed by atoms with Crippen molar-refractivity contribution in [1.29, 1.82) is 0 Å². The maximum Gasteiger partial charge on any atom is 0.291 e. The Morgan fingerprint density at radius 1 is 1.07 bits per heavy atom. The minimum absolute atomic E-state index is 0.0393. The third-order valence-electron chi connectivity index (χ3n) is 5.50. The average molecular weight is 401 g/mol. The van der Waals surface area contributed by atoms with E-state index in [0.29, 0.717) is 22.3 Å². The van der Waals surface area contributed by atoms with Crippen molar-refractivity contribution >= 4 is 16.9 Å². The van der Waals surface area contributed by atoms with E-state index in [9.17, 15) is 14.7 Å². The van der Waals surface area contributed by atoms with Gasteiger partial charge >= 0.3 is 0 Å². The molecule has 150 valence electrons. The van der Waals surface area contributed by atoms with Crippen LogP contribution in [-0.2, 0) is 6.54 Å². The minimum Gasteiger partial charge on any atom is -0.508 e. The number of hydrogen-bond acceptors (Lipinski definition) is 5. The molecule has 6 heteroatoms. The molecule has 3 heterocycles. The molecule has 0 fully saturated rings. The second-order valence-electron chi connectivity index (χ2n) is 7.64. The maximum absolute atomic E-state index is 13.6. The lowest BCUT2D eigenvalue weighted by Gasteiger charge is -2.24. The molecule has 0 unspecified atom stereocenters. The Labute approximate surface area is 172 Å². The fourth-order valence-corrected chi connectivity index (χ4v) is 4.29. The number of hydrogen-bond donors (Lipinski definition) is 1. The van der Waals surface area contributed by atoms with Gasteiger partial charge in [0.25, 0.3) is 5.91 Å². The van der Waals surface area contributed by atoms with Crippen molar-refractivity contribution in [3.05, 3.63) is 98.8 Å². The standard InChI is InChI=1S/C24H19NO5/c1-13-9-14(2)19-18(10-13)30-23-20(22(19)27)21(15-5-3-6-16(26)11-15)25(24(23)28)12-17-7-4-8-29-17/h3-11,21,26H,12H2,1-2H3/t21-/m1/s1. The Hall–Kier alpha value is -3.80. The van der Waals surface area contributed by atoms with Gasteiger partial charge in [0.05, 0.1) is 29.8 Å². The topological polar surface area (TPSA) is 83.9 Å². The summed E-state index contributed by atoms with van der Waals surface area (Å²) in [5.74, 6) is 0.305. The molecule has 4 aromatic rings. The third-order valence-corrected chi connectivity index (χ3v) is 5.50. The second-order valence-corrected chi connectivity index (χ2v) is 7.64. The fraction of sp³-hybridized carbons (Fsp3) is 0.167. The number of benzene rings is 2. The monoisotopic (exact) mass is 401 g/mol. The van der Waals surface area contributed by atoms with Crippen LogP contribution in [-0.4, -0.2) is 15.9 Å². The van der Waals surface area contributed by atoms with Gasteiger partial charge < -0.3 is 18.8 Å². The summed E-state index contributed by atoms with van der Waals surface area (Å²) in [7, 11) is 0. The number of nitrogens with zero attached hydrogens (tertiary/aromatic N) is 1. The molecule has 0 aliphatic carbocycles. The van der Waals surface area contributed by atoms with E-state index in [-0.39, 0.29) is 35.0 Å². The van der Waals surface area contributed by atoms with Crippen molar-refractivity contribution in [1.82, 2.24) is 4.90 Å². The molecule has 2 aromatic carbocycles. The van der Waals surface area contributed by atoms with E-state index < -0.39 is 6.04 Å². The zero-order valence-corrected chi connectivity index (χ0v) is 16.5. The Kier molecular flexibility index (Phi) is 4.03. The number of phenolic OH excluding ortho intramolecular Hbond substituents is 1. The van der Waals surface area contributed by atoms with Crippen LogP contribution in [0.15, 0.2) is 68.4 Å². The molecule has 0 saturated carbocycles. The molecule has 1 atom stereocenters. The molecule has 5 rings (SSSR count). The summed E-state index contributed by atoms with van der Waals surface area (Å²) >= 11 is 0. The van der Waals surface area contributed by atoms with Crippen molar-refractivity contribution in [3.8, 4) is 5.75 Å². The fourth-order valence-electron chi connectivity index (χ4n) is 4.29. The lowest BCUT2D eigenvalue weighted by Crippen LogP contribution is -2.29. The van der Waals surface area contributed by atoms with E-state index in [1.54, 1.807) is 47.4 Å². The first-order chi connectivity index (χ1) is 14.4. The predicted molar refractivity (Wildman–Crippen MR) is 110 cm³/mol. The lowest BCUT2D eigenvalue weighted by molar-refractivity contribution is 0.0701. The molecule has 1 N–H and O–H groups in total. The molecule has 1 amide bonds. The summed E-state index contributed by atoms with van der Waals surface area (Å²) in [6, 6.07) is 13.1. The number of fused-ring (bicyclic) bond motifs is 2. The Balaban J connectivity index is 1.79. The highest BCUT2D eigenvalue weighted by atomic mass is 16.4. The van der Waals surface area contributed by atoms with Gasteiger partial charge in [-0.05, 0) is 60.9 Å². The molecule has 1 aliphatic rings. The number of carbonyl (C=O) groups is 1. The van der Waals surface area contributed by atoms with E-state index in [1.807, 2.05) is 19.9 Å². The molecule has 1 aliphatic heterocycles. The molecule has 0 radical (unpaired) electrons. The van der Waals surface area contributed by atoms with E-state index >= 15 is 0 Å². The number of aromatic hydroxyl groups is 1. The summed E-state index contributed by atoms with van der Waals surface area (Å²) in [5.41, 5.74) is 2.84. The number of carbonyl (C=O) groups excluding carboxylic acids is 1. The Bertz CT molecular complexity index is 1350. The SMILES string of the molecule is Cc1cc(C)c2c(=O)c3c(oc2c1)C(=O)N(Cc1ccco1)[C@@H]3c1cccc(O)c1. The molecule has 6 nitrogen and oxygen atoms in total. The first kappa shape index (κ1) is 18.2. The van der Waals surface area contributed by atoms with Crippen LogP contribution < -0.4 is 5.43 Å². The zero-order chi connectivity index (χ0) is 21.0. The van der Waals surface area contributed by atoms with Gasteiger partial charge in [0.2, 0.25) is 5.76 Å². The van der Waals surface area contributed by atoms with Gasteiger partial charge in [-0.3, -0.25) is 9.59 Å². The van der Waals surface area contributed by atoms with Crippen molar-refractivity contribution in [2.24, 2.45) is 0 Å². The van der Waals surface area contributed by atoms with Crippen molar-refractivity contribution in [2.45, 2.75) is 26.4 Å². The van der Waals surface area contributed by atoms with E-state index in [1.165, 1.54) is 6.26 Å². The lowest BCUT2D eigenvalue weighted by atomic mass is 9.96. The second kappa shape index (κ2) is 6.62. The highest BCUT2D eigenvalue weighted by Gasteiger charge is 2.43. The van der Waals surface area contributed by atoms with Crippen LogP contribution in [0.1, 0.15) is 44.6 Å². The van der Waals surface area contributed by atoms with Crippen LogP contribution in [0, 0.1) is 13.8 Å². The number of amides is 1. The van der Waals surface area contributed by atoms with Crippen LogP contribution in [0.25, 0.3) is 11.0 Å². The first-order valence-corrected chi connectivity index (χ1v) is 9.64. The van der Waals surface area contributed by atoms with Gasteiger partial charge in [-0.15, -0.1) is 0 Å². The molecule has 0 saturated heterocycles. The van der Waals surface area contributed by atoms with E-state index in [4.69, 9.17) is 8.83 Å². The Morgan fingerprint density at radius 2 is 1.90 bits per heavy atom. The summed E-state index contributed by atoms with van der Waals surface area (Å²) in [6.07, 6.45) is 1.54. The van der Waals surface area contributed by atoms with Crippen LogP contribution in [0.5, 0.6) is 5.75 Å². The molecule has 30 heavy (non-hydrogen) atoms. The molecular formula is C24H19NO5. The maximum atomic E-state index is 13.6. The van der Waals surface area contributed by atoms with Crippen molar-refractivity contribution in [2.75, 3.05) is 0 Å². The van der Waals surface area contributed by atoms with Crippen LogP contribution in [0.4, 0.5) is 0 Å². The molecule has 2 aromatic heterocycles. The van der Waals surface area contributed by atoms with Crippen LogP contribution in [0.3, 0.4) is 0 Å². The van der Waals surface area contributed by atoms with Crippen LogP contribution in [0.2, 0.25) is 0 Å². The molecule has 0 bridgehead atoms. The summed E-state index contributed by atoms with van der Waals surface area (Å²) in [6.45, 7) is 3.95. The molecular weight excluding hydrogens is 382 g/mol. The smallest absolute Gasteiger partial charge is 0.291 e. The summed E-state index contributed by atoms with van der Waals surface area (Å²) in [5, 5.41) is 10.5. The first-order valence-electron chi connectivity index (χ1n) is 9.64. The summed E-state index contributed by atoms with van der Waals surface area (Å²) < 4.78 is 11.4. The number of rotatable bonds is 3. The van der Waals surface area contributed by atoms with Gasteiger partial charge in [-0.1, -0.05) is 18.2 Å². The van der Waals surface area contributed by atoms with E-state index in [0.717, 1.165) is 11.1 Å². The minimum atomic E-state index is -0.689. The Morgan fingerprint density at radius 3 is 2.63 bits per heavy atom. The highest BCUT2D eigenvalue weighted by Crippen LogP contribution is 2.40. The van der Waals surface area contributed by atoms with E-state index in [2.05, 4.69) is 0 Å². The zero-order valence-electron chi connectivity index (χ0n) is 16.5. The number of aryl methyl sites for hydroxylation is 2. The highest BCUT2D eigenvalue weighted by molar-refractivity contribution is 5.99. The quantitative estimate of drug-likeness (QED) is 0.548. The van der Waals surface area contributed by atoms with Gasteiger partial charge in [0, 0.05) is 0 Å². The molecule has 0 spiro atoms. The third kappa shape index (κ3) is 2.72. The summed E-state index contributed by atoms with van der Waals surface area (Å²) in [4.78, 5) is 28.5. The van der Waals surface area contributed by atoms with Gasteiger partial charge in [0.15, 0.2) is 5.43 Å². The van der Waals surface area contributed by atoms with Crippen molar-refractivity contribution < 1.29 is 18.7 Å².